The number of anilines is 1. The van der Waals surface area contributed by atoms with Crippen LogP contribution in [-0.4, -0.2) is 60.1 Å². The second-order valence-electron chi connectivity index (χ2n) is 8.66. The van der Waals surface area contributed by atoms with Crippen LogP contribution in [0.3, 0.4) is 0 Å². The lowest BCUT2D eigenvalue weighted by Crippen LogP contribution is -2.50. The highest BCUT2D eigenvalue weighted by Crippen LogP contribution is 2.19. The summed E-state index contributed by atoms with van der Waals surface area (Å²) in [4.78, 5) is 42.7. The van der Waals surface area contributed by atoms with Crippen LogP contribution in [-0.2, 0) is 4.79 Å². The average molecular weight is 456 g/mol. The number of carbonyl (C=O) groups is 3. The normalized spacial score (nSPS) is 14.0. The van der Waals surface area contributed by atoms with Crippen molar-refractivity contribution in [3.63, 3.8) is 0 Å². The summed E-state index contributed by atoms with van der Waals surface area (Å²) in [6.45, 7) is 6.46. The molecular formula is C28H29N3O3. The number of benzene rings is 3. The first kappa shape index (κ1) is 23.4. The van der Waals surface area contributed by atoms with Crippen molar-refractivity contribution in [1.29, 1.82) is 0 Å². The highest BCUT2D eigenvalue weighted by molar-refractivity contribution is 6.15. The van der Waals surface area contributed by atoms with Gasteiger partial charge in [-0.1, -0.05) is 48.5 Å². The zero-order valence-electron chi connectivity index (χ0n) is 19.6. The summed E-state index contributed by atoms with van der Waals surface area (Å²) < 4.78 is 0. The summed E-state index contributed by atoms with van der Waals surface area (Å²) in [5, 5.41) is 2.89. The van der Waals surface area contributed by atoms with Crippen LogP contribution in [0.1, 0.15) is 37.4 Å². The molecule has 0 saturated carbocycles. The highest BCUT2D eigenvalue weighted by atomic mass is 16.2. The Bertz CT molecular complexity index is 1200. The van der Waals surface area contributed by atoms with Crippen LogP contribution in [0.5, 0.6) is 0 Å². The number of para-hydroxylation sites is 1. The molecule has 6 nitrogen and oxygen atoms in total. The molecule has 1 heterocycles. The van der Waals surface area contributed by atoms with Gasteiger partial charge >= 0.3 is 0 Å². The van der Waals surface area contributed by atoms with Gasteiger partial charge in [-0.3, -0.25) is 19.3 Å². The molecule has 34 heavy (non-hydrogen) atoms. The van der Waals surface area contributed by atoms with Gasteiger partial charge in [0, 0.05) is 43.0 Å². The molecule has 3 aromatic carbocycles. The zero-order valence-corrected chi connectivity index (χ0v) is 19.6. The van der Waals surface area contributed by atoms with Gasteiger partial charge in [0.1, 0.15) is 0 Å². The lowest BCUT2D eigenvalue weighted by molar-refractivity contribution is -0.117. The van der Waals surface area contributed by atoms with Crippen LogP contribution in [0.25, 0.3) is 0 Å². The molecule has 2 amide bonds. The molecule has 1 saturated heterocycles. The molecule has 3 aromatic rings. The predicted octanol–water partition coefficient (Wildman–Crippen LogP) is 3.93. The Hall–Kier alpha value is -3.77. The van der Waals surface area contributed by atoms with E-state index in [9.17, 15) is 14.4 Å². The molecule has 0 aliphatic carbocycles. The van der Waals surface area contributed by atoms with Gasteiger partial charge in [-0.15, -0.1) is 0 Å². The largest absolute Gasteiger partial charge is 0.336 e. The molecule has 1 fully saturated rings. The Balaban J connectivity index is 1.39. The van der Waals surface area contributed by atoms with E-state index in [1.165, 1.54) is 0 Å². The van der Waals surface area contributed by atoms with Gasteiger partial charge in [-0.2, -0.15) is 0 Å². The standard InChI is InChI=1S/C28H29N3O3/c1-20-12-13-22(18-21(20)2)27(33)24-10-6-7-11-25(24)28(34)31-16-14-30(15-17-31)19-26(32)29-23-8-4-3-5-9-23/h3-13,18H,14-17,19H2,1-2H3,(H,29,32). The molecule has 0 unspecified atom stereocenters. The zero-order chi connectivity index (χ0) is 24.1. The van der Waals surface area contributed by atoms with Crippen molar-refractivity contribution in [3.8, 4) is 0 Å². The first-order valence-electron chi connectivity index (χ1n) is 11.5. The van der Waals surface area contributed by atoms with Crippen LogP contribution >= 0.6 is 0 Å². The molecule has 1 N–H and O–H groups in total. The monoisotopic (exact) mass is 455 g/mol. The van der Waals surface area contributed by atoms with E-state index in [0.717, 1.165) is 16.8 Å². The molecule has 174 valence electrons. The Morgan fingerprint density at radius 3 is 2.09 bits per heavy atom. The predicted molar refractivity (Wildman–Crippen MR) is 133 cm³/mol. The van der Waals surface area contributed by atoms with Crippen molar-refractivity contribution in [2.75, 3.05) is 38.0 Å². The fourth-order valence-corrected chi connectivity index (χ4v) is 4.11. The molecule has 0 spiro atoms. The van der Waals surface area contributed by atoms with Crippen LogP contribution in [0, 0.1) is 13.8 Å². The SMILES string of the molecule is Cc1ccc(C(=O)c2ccccc2C(=O)N2CCN(CC(=O)Nc3ccccc3)CC2)cc1C. The minimum Gasteiger partial charge on any atom is -0.336 e. The molecule has 6 heteroatoms. The Kier molecular flexibility index (Phi) is 7.18. The Labute approximate surface area is 200 Å². The maximum atomic E-state index is 13.3. The van der Waals surface area contributed by atoms with Crippen molar-refractivity contribution in [2.45, 2.75) is 13.8 Å². The lowest BCUT2D eigenvalue weighted by Gasteiger charge is -2.34. The number of hydrogen-bond acceptors (Lipinski definition) is 4. The number of nitrogens with zero attached hydrogens (tertiary/aromatic N) is 2. The fourth-order valence-electron chi connectivity index (χ4n) is 4.11. The first-order chi connectivity index (χ1) is 16.4. The number of aryl methyl sites for hydroxylation is 2. The van der Waals surface area contributed by atoms with Crippen LogP contribution < -0.4 is 5.32 Å². The van der Waals surface area contributed by atoms with Crippen LogP contribution in [0.2, 0.25) is 0 Å². The summed E-state index contributed by atoms with van der Waals surface area (Å²) in [5.41, 5.74) is 4.35. The molecule has 0 atom stereocenters. The van der Waals surface area contributed by atoms with Gasteiger partial charge in [0.15, 0.2) is 5.78 Å². The van der Waals surface area contributed by atoms with Crippen LogP contribution in [0.15, 0.2) is 72.8 Å². The number of rotatable bonds is 6. The maximum absolute atomic E-state index is 13.3. The Morgan fingerprint density at radius 1 is 0.765 bits per heavy atom. The summed E-state index contributed by atoms with van der Waals surface area (Å²) in [6, 6.07) is 22.0. The van der Waals surface area contributed by atoms with E-state index in [1.54, 1.807) is 29.2 Å². The molecule has 0 radical (unpaired) electrons. The summed E-state index contributed by atoms with van der Waals surface area (Å²) in [7, 11) is 0. The van der Waals surface area contributed by atoms with E-state index in [4.69, 9.17) is 0 Å². The quantitative estimate of drug-likeness (QED) is 0.572. The molecule has 1 aliphatic heterocycles. The molecule has 0 bridgehead atoms. The maximum Gasteiger partial charge on any atom is 0.254 e. The molecule has 4 rings (SSSR count). The van der Waals surface area contributed by atoms with Crippen molar-refractivity contribution in [1.82, 2.24) is 9.80 Å². The van der Waals surface area contributed by atoms with E-state index >= 15 is 0 Å². The van der Waals surface area contributed by atoms with Crippen LogP contribution in [0.4, 0.5) is 5.69 Å². The highest BCUT2D eigenvalue weighted by Gasteiger charge is 2.26. The van der Waals surface area contributed by atoms with E-state index < -0.39 is 0 Å². The number of nitrogens with one attached hydrogen (secondary N) is 1. The number of ketones is 1. The molecule has 0 aromatic heterocycles. The second-order valence-corrected chi connectivity index (χ2v) is 8.66. The summed E-state index contributed by atoms with van der Waals surface area (Å²) in [5.74, 6) is -0.375. The summed E-state index contributed by atoms with van der Waals surface area (Å²) in [6.07, 6.45) is 0. The van der Waals surface area contributed by atoms with Crippen molar-refractivity contribution in [2.24, 2.45) is 0 Å². The van der Waals surface area contributed by atoms with Gasteiger partial charge in [0.25, 0.3) is 5.91 Å². The fraction of sp³-hybridized carbons (Fsp3) is 0.250. The minimum absolute atomic E-state index is 0.0738. The third-order valence-corrected chi connectivity index (χ3v) is 6.26. The van der Waals surface area contributed by atoms with E-state index in [2.05, 4.69) is 5.32 Å². The first-order valence-corrected chi connectivity index (χ1v) is 11.5. The van der Waals surface area contributed by atoms with Crippen molar-refractivity contribution < 1.29 is 14.4 Å². The smallest absolute Gasteiger partial charge is 0.254 e. The lowest BCUT2D eigenvalue weighted by atomic mass is 9.95. The number of amides is 2. The van der Waals surface area contributed by atoms with Gasteiger partial charge in [0.05, 0.1) is 12.1 Å². The van der Waals surface area contributed by atoms with Crippen molar-refractivity contribution >= 4 is 23.3 Å². The van der Waals surface area contributed by atoms with Gasteiger partial charge in [0.2, 0.25) is 5.91 Å². The van der Waals surface area contributed by atoms with E-state index in [-0.39, 0.29) is 24.1 Å². The number of piperazine rings is 1. The van der Waals surface area contributed by atoms with Gasteiger partial charge in [-0.25, -0.2) is 0 Å². The van der Waals surface area contributed by atoms with Crippen molar-refractivity contribution in [3.05, 3.63) is 101 Å². The third kappa shape index (κ3) is 5.41. The summed E-state index contributed by atoms with van der Waals surface area (Å²) >= 11 is 0. The second kappa shape index (κ2) is 10.4. The van der Waals surface area contributed by atoms with Gasteiger partial charge < -0.3 is 10.2 Å². The third-order valence-electron chi connectivity index (χ3n) is 6.26. The van der Waals surface area contributed by atoms with E-state index in [0.29, 0.717) is 42.9 Å². The average Bonchev–Trinajstić information content (AvgIpc) is 2.86. The molecule has 1 aliphatic rings. The molecular weight excluding hydrogens is 426 g/mol. The Morgan fingerprint density at radius 2 is 1.41 bits per heavy atom. The topological polar surface area (TPSA) is 69.7 Å². The van der Waals surface area contributed by atoms with Gasteiger partial charge in [-0.05, 0) is 49.2 Å². The minimum atomic E-state index is -0.152. The number of carbonyl (C=O) groups excluding carboxylic acids is 3. The number of hydrogen-bond donors (Lipinski definition) is 1. The van der Waals surface area contributed by atoms with E-state index in [1.807, 2.05) is 67.3 Å².